The molecule has 33 heavy (non-hydrogen) atoms. The van der Waals surface area contributed by atoms with E-state index in [4.69, 9.17) is 11.6 Å². The number of rotatable bonds is 4. The van der Waals surface area contributed by atoms with Gasteiger partial charge in [0.1, 0.15) is 5.82 Å². The fourth-order valence-corrected chi connectivity index (χ4v) is 2.99. The van der Waals surface area contributed by atoms with Crippen molar-refractivity contribution in [2.75, 3.05) is 0 Å². The molecule has 1 heterocycles. The van der Waals surface area contributed by atoms with Crippen LogP contribution in [0.25, 0.3) is 23.0 Å². The van der Waals surface area contributed by atoms with Crippen molar-refractivity contribution in [1.29, 1.82) is 0 Å². The Morgan fingerprint density at radius 3 is 2.06 bits per heavy atom. The van der Waals surface area contributed by atoms with E-state index in [-0.39, 0.29) is 27.9 Å². The van der Waals surface area contributed by atoms with Crippen LogP contribution in [0.15, 0.2) is 48.7 Å². The van der Waals surface area contributed by atoms with Crippen LogP contribution in [0.2, 0.25) is 5.02 Å². The molecule has 0 unspecified atom stereocenters. The van der Waals surface area contributed by atoms with Crippen LogP contribution < -0.4 is 0 Å². The molecule has 3 rings (SSSR count). The normalized spacial score (nSPS) is 12.7. The third-order valence-corrected chi connectivity index (χ3v) is 4.73. The lowest BCUT2D eigenvalue weighted by molar-refractivity contribution is -0.143. The highest BCUT2D eigenvalue weighted by atomic mass is 35.5. The Labute approximate surface area is 187 Å². The molecule has 0 bridgehead atoms. The molecule has 3 nitrogen and oxygen atoms in total. The molecule has 2 aromatic carbocycles. The average Bonchev–Trinajstić information content (AvgIpc) is 2.72. The number of benzene rings is 2. The van der Waals surface area contributed by atoms with Crippen molar-refractivity contribution in [3.63, 3.8) is 0 Å². The summed E-state index contributed by atoms with van der Waals surface area (Å²) < 4.78 is 92.7. The first-order valence-electron chi connectivity index (χ1n) is 9.06. The maximum Gasteiger partial charge on any atom is 0.416 e. The van der Waals surface area contributed by atoms with Crippen molar-refractivity contribution in [3.05, 3.63) is 81.9 Å². The van der Waals surface area contributed by atoms with Gasteiger partial charge in [0.15, 0.2) is 11.6 Å². The van der Waals surface area contributed by atoms with Crippen molar-refractivity contribution in [2.45, 2.75) is 19.3 Å². The largest absolute Gasteiger partial charge is 0.416 e. The van der Waals surface area contributed by atoms with E-state index in [9.17, 15) is 35.5 Å². The maximum absolute atomic E-state index is 13.8. The molecule has 0 aliphatic heterocycles. The molecule has 0 atom stereocenters. The molecule has 3 aromatic rings. The quantitative estimate of drug-likeness (QED) is 0.290. The number of alkyl halides is 6. The minimum Gasteiger partial charge on any atom is -0.294 e. The van der Waals surface area contributed by atoms with Crippen LogP contribution in [0.4, 0.5) is 30.7 Å². The first kappa shape index (κ1) is 24.4. The van der Waals surface area contributed by atoms with E-state index in [0.29, 0.717) is 12.1 Å². The number of hydrogen-bond acceptors (Lipinski definition) is 3. The molecular weight excluding hydrogens is 477 g/mol. The Balaban J connectivity index is 2.13. The van der Waals surface area contributed by atoms with Gasteiger partial charge in [0.05, 0.1) is 21.8 Å². The molecule has 11 heteroatoms. The molecule has 0 saturated heterocycles. The summed E-state index contributed by atoms with van der Waals surface area (Å²) in [4.78, 5) is 19.8. The SMILES string of the molecule is CC(=O)/C(=C/c1ccnc(-c2cc(C(F)(F)F)cc(C(F)(F)F)c2)n1)c1ccc(Cl)c(F)c1. The molecule has 0 N–H and O–H groups in total. The van der Waals surface area contributed by atoms with Crippen LogP contribution in [-0.4, -0.2) is 15.8 Å². The molecule has 172 valence electrons. The summed E-state index contributed by atoms with van der Waals surface area (Å²) in [6.45, 7) is 1.20. The number of carbonyl (C=O) groups excluding carboxylic acids is 1. The van der Waals surface area contributed by atoms with Crippen molar-refractivity contribution in [2.24, 2.45) is 0 Å². The van der Waals surface area contributed by atoms with Crippen molar-refractivity contribution >= 4 is 29.0 Å². The zero-order chi connectivity index (χ0) is 24.6. The van der Waals surface area contributed by atoms with Gasteiger partial charge in [-0.25, -0.2) is 14.4 Å². The average molecular weight is 489 g/mol. The van der Waals surface area contributed by atoms with Gasteiger partial charge in [-0.05, 0) is 55.0 Å². The van der Waals surface area contributed by atoms with Gasteiger partial charge < -0.3 is 0 Å². The summed E-state index contributed by atoms with van der Waals surface area (Å²) in [6.07, 6.45) is -7.74. The standard InChI is InChI=1S/C22H12ClF7N2O/c1-11(33)17(12-2-3-18(23)19(24)8-12)10-16-4-5-31-20(32-16)13-6-14(21(25,26)27)9-15(7-13)22(28,29)30/h2-10H,1H3/b17-10-. The van der Waals surface area contributed by atoms with Gasteiger partial charge in [-0.15, -0.1) is 0 Å². The summed E-state index contributed by atoms with van der Waals surface area (Å²) >= 11 is 5.64. The van der Waals surface area contributed by atoms with Crippen molar-refractivity contribution in [1.82, 2.24) is 9.97 Å². The number of carbonyl (C=O) groups is 1. The van der Waals surface area contributed by atoms with Crippen LogP contribution in [0.1, 0.15) is 29.3 Å². The summed E-state index contributed by atoms with van der Waals surface area (Å²) in [5.74, 6) is -1.70. The second kappa shape index (κ2) is 8.93. The van der Waals surface area contributed by atoms with Gasteiger partial charge in [-0.3, -0.25) is 4.79 Å². The van der Waals surface area contributed by atoms with E-state index in [1.165, 1.54) is 31.2 Å². The zero-order valence-corrected chi connectivity index (χ0v) is 17.3. The Hall–Kier alpha value is -3.27. The van der Waals surface area contributed by atoms with E-state index >= 15 is 0 Å². The van der Waals surface area contributed by atoms with E-state index < -0.39 is 46.5 Å². The molecule has 0 spiro atoms. The highest BCUT2D eigenvalue weighted by molar-refractivity contribution is 6.31. The van der Waals surface area contributed by atoms with Gasteiger partial charge in [-0.2, -0.15) is 26.3 Å². The zero-order valence-electron chi connectivity index (χ0n) is 16.5. The molecule has 0 amide bonds. The molecule has 0 radical (unpaired) electrons. The van der Waals surface area contributed by atoms with Gasteiger partial charge in [0.2, 0.25) is 0 Å². The van der Waals surface area contributed by atoms with Gasteiger partial charge in [0, 0.05) is 17.3 Å². The van der Waals surface area contributed by atoms with Gasteiger partial charge in [-0.1, -0.05) is 17.7 Å². The molecule has 0 fully saturated rings. The summed E-state index contributed by atoms with van der Waals surface area (Å²) in [5.41, 5.74) is -3.39. The van der Waals surface area contributed by atoms with E-state index in [1.807, 2.05) is 0 Å². The van der Waals surface area contributed by atoms with Gasteiger partial charge in [0.25, 0.3) is 0 Å². The number of hydrogen-bond donors (Lipinski definition) is 0. The minimum atomic E-state index is -5.03. The number of Topliss-reactive ketones (excluding diaryl/α,β-unsaturated/α-hetero) is 1. The number of halogens is 8. The topological polar surface area (TPSA) is 42.9 Å². The first-order chi connectivity index (χ1) is 15.3. The molecule has 0 saturated carbocycles. The van der Waals surface area contributed by atoms with Crippen LogP contribution in [0, 0.1) is 5.82 Å². The fourth-order valence-electron chi connectivity index (χ4n) is 2.88. The third kappa shape index (κ3) is 5.75. The van der Waals surface area contributed by atoms with Crippen molar-refractivity contribution < 1.29 is 35.5 Å². The Morgan fingerprint density at radius 2 is 1.55 bits per heavy atom. The second-order valence-electron chi connectivity index (χ2n) is 6.84. The first-order valence-corrected chi connectivity index (χ1v) is 9.44. The summed E-state index contributed by atoms with van der Waals surface area (Å²) in [5, 5.41) is -0.170. The maximum atomic E-state index is 13.8. The highest BCUT2D eigenvalue weighted by Crippen LogP contribution is 2.38. The summed E-state index contributed by atoms with van der Waals surface area (Å²) in [6, 6.07) is 5.91. The predicted octanol–water partition coefficient (Wildman–Crippen LogP) is 7.10. The van der Waals surface area contributed by atoms with E-state index in [2.05, 4.69) is 9.97 Å². The number of nitrogens with zero attached hydrogens (tertiary/aromatic N) is 2. The minimum absolute atomic E-state index is 0.00378. The van der Waals surface area contributed by atoms with E-state index in [0.717, 1.165) is 12.3 Å². The second-order valence-corrected chi connectivity index (χ2v) is 7.25. The number of ketones is 1. The van der Waals surface area contributed by atoms with Gasteiger partial charge >= 0.3 is 12.4 Å². The van der Waals surface area contributed by atoms with Crippen LogP contribution in [0.3, 0.4) is 0 Å². The highest BCUT2D eigenvalue weighted by Gasteiger charge is 2.37. The van der Waals surface area contributed by atoms with Crippen LogP contribution in [-0.2, 0) is 17.1 Å². The lowest BCUT2D eigenvalue weighted by Gasteiger charge is -2.14. The smallest absolute Gasteiger partial charge is 0.294 e. The third-order valence-electron chi connectivity index (χ3n) is 4.43. The van der Waals surface area contributed by atoms with E-state index in [1.54, 1.807) is 0 Å². The molecular formula is C22H12ClF7N2O. The number of allylic oxidation sites excluding steroid dienone is 1. The Kier molecular flexibility index (Phi) is 6.60. The van der Waals surface area contributed by atoms with Crippen LogP contribution in [0.5, 0.6) is 0 Å². The summed E-state index contributed by atoms with van der Waals surface area (Å²) in [7, 11) is 0. The van der Waals surface area contributed by atoms with Crippen LogP contribution >= 0.6 is 11.6 Å². The molecule has 0 aliphatic rings. The number of aromatic nitrogens is 2. The lowest BCUT2D eigenvalue weighted by atomic mass is 10.0. The van der Waals surface area contributed by atoms with Crippen molar-refractivity contribution in [3.8, 4) is 11.4 Å². The monoisotopic (exact) mass is 488 g/mol. The predicted molar refractivity (Wildman–Crippen MR) is 107 cm³/mol. The lowest BCUT2D eigenvalue weighted by Crippen LogP contribution is -2.11. The Morgan fingerprint density at radius 1 is 0.939 bits per heavy atom. The molecule has 0 aliphatic carbocycles. The fraction of sp³-hybridized carbons (Fsp3) is 0.136. The molecule has 1 aromatic heterocycles. The Bertz CT molecular complexity index is 1220.